The molecule has 0 aliphatic rings. The number of esters is 1. The summed E-state index contributed by atoms with van der Waals surface area (Å²) in [5.74, 6) is -0.623. The van der Waals surface area contributed by atoms with E-state index in [-0.39, 0.29) is 65.8 Å². The molecule has 2 unspecified atom stereocenters. The van der Waals surface area contributed by atoms with Gasteiger partial charge < -0.3 is 30.3 Å². The monoisotopic (exact) mass is 1040 g/mol. The number of nitrogen functional groups attached to an aromatic ring is 1. The summed E-state index contributed by atoms with van der Waals surface area (Å²) >= 11 is 3.28. The zero-order valence-corrected chi connectivity index (χ0v) is 42.3. The number of para-hydroxylation sites is 5. The molecular formula is C55H73BrN4O5Y-2. The molecule has 0 saturated carbocycles. The summed E-state index contributed by atoms with van der Waals surface area (Å²) in [6.45, 7) is 18.2. The van der Waals surface area contributed by atoms with E-state index in [0.717, 1.165) is 22.2 Å². The summed E-state index contributed by atoms with van der Waals surface area (Å²) in [5, 5.41) is 12.6. The number of halogens is 1. The number of aliphatic imine (C=N–C) groups is 1. The molecule has 6 aromatic carbocycles. The van der Waals surface area contributed by atoms with Crippen molar-refractivity contribution >= 4 is 62.2 Å². The molecule has 7 rings (SSSR count). The average Bonchev–Trinajstić information content (AvgIpc) is 3.78. The molecule has 355 valence electrons. The van der Waals surface area contributed by atoms with Crippen LogP contribution in [0, 0.1) is 6.07 Å². The molecule has 11 heteroatoms. The van der Waals surface area contributed by atoms with E-state index in [1.54, 1.807) is 25.1 Å². The fourth-order valence-electron chi connectivity index (χ4n) is 5.02. The van der Waals surface area contributed by atoms with E-state index in [1.165, 1.54) is 0 Å². The number of hydrogen-bond acceptors (Lipinski definition) is 8. The van der Waals surface area contributed by atoms with E-state index in [2.05, 4.69) is 43.5 Å². The van der Waals surface area contributed by atoms with Crippen molar-refractivity contribution in [2.24, 2.45) is 4.99 Å². The summed E-state index contributed by atoms with van der Waals surface area (Å²) in [6, 6.07) is 50.6. The Morgan fingerprint density at radius 2 is 1.26 bits per heavy atom. The van der Waals surface area contributed by atoms with Gasteiger partial charge in [0.1, 0.15) is 16.4 Å². The molecule has 0 bridgehead atoms. The van der Waals surface area contributed by atoms with Crippen LogP contribution in [0.5, 0.6) is 0 Å². The maximum Gasteiger partial charge on any atom is 0.330 e. The Kier molecular flexibility index (Phi) is 41.8. The largest absolute Gasteiger partial charge is 0.479 e. The van der Waals surface area contributed by atoms with Gasteiger partial charge in [0, 0.05) is 38.4 Å². The first-order chi connectivity index (χ1) is 30.3. The molecule has 2 atom stereocenters. The Labute approximate surface area is 430 Å². The van der Waals surface area contributed by atoms with Crippen molar-refractivity contribution in [3.05, 3.63) is 180 Å². The van der Waals surface area contributed by atoms with Crippen LogP contribution in [0.1, 0.15) is 112 Å². The Morgan fingerprint density at radius 3 is 1.80 bits per heavy atom. The number of fused-ring (bicyclic) bond motifs is 1. The number of oxazole rings is 1. The number of ether oxygens (including phenoxy) is 1. The SMILES string of the molecule is C.C.C.CC.CC.CC.CC.CCOC(=O)C(Br)c1ccccc1.Nc1ccccc1-c1nc2ccccc2o1.O=C(O)C(Nc1ccccc1[C-]=Nc1[c-]cccc1)c1ccccc1.[Y]. The third-order valence-electron chi connectivity index (χ3n) is 7.67. The van der Waals surface area contributed by atoms with Crippen molar-refractivity contribution in [1.29, 1.82) is 0 Å². The normalized spacial score (nSPS) is 9.91. The van der Waals surface area contributed by atoms with Crippen molar-refractivity contribution < 1.29 is 56.6 Å². The number of benzene rings is 6. The minimum Gasteiger partial charge on any atom is -0.479 e. The van der Waals surface area contributed by atoms with Crippen LogP contribution in [0.15, 0.2) is 167 Å². The molecule has 1 radical (unpaired) electrons. The number of carbonyl (C=O) groups excluding carboxylic acids is 1. The molecule has 66 heavy (non-hydrogen) atoms. The Bertz CT molecular complexity index is 2240. The molecule has 1 heterocycles. The summed E-state index contributed by atoms with van der Waals surface area (Å²) < 4.78 is 10.5. The fourth-order valence-corrected chi connectivity index (χ4v) is 5.46. The standard InChI is InChI=1S/C21H16N2O2.C13H10N2O.C10H11BrO2.4C2H6.3CH4.Y/c24-21(25)20(16-9-3-1-4-10-16)23-19-14-8-7-11-17(19)15-22-18-12-5-2-6-13-18;14-10-6-2-1-5-9(10)13-15-11-7-3-4-8-12(11)16-13;1-2-13-10(12)9(11)8-6-4-3-5-7-8;4*1-2;;;;/h1-12,14,20,23H,(H,24,25);1-8H,14H2;3-7,9H,2H2,1H3;4*1-2H3;3*1H4;/q-2;;;;;;;;;;. The van der Waals surface area contributed by atoms with E-state index < -0.39 is 12.0 Å². The van der Waals surface area contributed by atoms with Crippen molar-refractivity contribution in [2.45, 2.75) is 95.5 Å². The Morgan fingerprint density at radius 1 is 0.742 bits per heavy atom. The van der Waals surface area contributed by atoms with E-state index in [1.807, 2.05) is 195 Å². The Hall–Kier alpha value is -5.42. The number of aromatic nitrogens is 1. The number of nitrogens with two attached hydrogens (primary N) is 1. The number of alkyl halides is 1. The summed E-state index contributed by atoms with van der Waals surface area (Å²) in [4.78, 5) is 31.3. The van der Waals surface area contributed by atoms with E-state index in [4.69, 9.17) is 14.9 Å². The van der Waals surface area contributed by atoms with Crippen LogP contribution in [-0.2, 0) is 47.0 Å². The number of rotatable bonds is 10. The molecule has 0 saturated heterocycles. The maximum atomic E-state index is 11.7. The quantitative estimate of drug-likeness (QED) is 0.0404. The summed E-state index contributed by atoms with van der Waals surface area (Å²) in [5.41, 5.74) is 12.6. The molecular weight excluding hydrogens is 965 g/mol. The summed E-state index contributed by atoms with van der Waals surface area (Å²) in [6.07, 6.45) is 2.96. The topological polar surface area (TPSA) is 140 Å². The van der Waals surface area contributed by atoms with Gasteiger partial charge in [-0.05, 0) is 54.2 Å². The zero-order valence-electron chi connectivity index (χ0n) is 37.9. The van der Waals surface area contributed by atoms with E-state index >= 15 is 0 Å². The van der Waals surface area contributed by atoms with Crippen LogP contribution in [0.25, 0.3) is 22.6 Å². The maximum absolute atomic E-state index is 11.7. The first-order valence-electron chi connectivity index (χ1n) is 21.0. The molecule has 0 aliphatic heterocycles. The van der Waals surface area contributed by atoms with Gasteiger partial charge in [0.2, 0.25) is 5.89 Å². The molecule has 7 aromatic rings. The molecule has 1 aromatic heterocycles. The first kappa shape index (κ1) is 67.2. The number of carboxylic acids is 1. The van der Waals surface area contributed by atoms with Gasteiger partial charge >= 0.3 is 11.9 Å². The Balaban J connectivity index is -0.000000411. The van der Waals surface area contributed by atoms with Crippen LogP contribution in [0.3, 0.4) is 0 Å². The van der Waals surface area contributed by atoms with Gasteiger partial charge in [0.25, 0.3) is 0 Å². The second-order valence-electron chi connectivity index (χ2n) is 11.4. The van der Waals surface area contributed by atoms with E-state index in [9.17, 15) is 14.7 Å². The molecule has 0 amide bonds. The molecule has 0 fully saturated rings. The number of carboxylic acid groups (broad SMARTS) is 1. The van der Waals surface area contributed by atoms with Gasteiger partial charge in [-0.3, -0.25) is 4.79 Å². The van der Waals surface area contributed by atoms with E-state index in [0.29, 0.717) is 40.7 Å². The third-order valence-corrected chi connectivity index (χ3v) is 8.57. The van der Waals surface area contributed by atoms with Gasteiger partial charge in [0.05, 0.1) is 12.2 Å². The first-order valence-corrected chi connectivity index (χ1v) is 21.9. The van der Waals surface area contributed by atoms with Gasteiger partial charge in [-0.2, -0.15) is 24.3 Å². The van der Waals surface area contributed by atoms with Crippen molar-refractivity contribution in [1.82, 2.24) is 4.98 Å². The van der Waals surface area contributed by atoms with Gasteiger partial charge in [-0.15, -0.1) is 23.4 Å². The molecule has 0 aliphatic carbocycles. The van der Waals surface area contributed by atoms with Gasteiger partial charge in [0.15, 0.2) is 5.58 Å². The smallest absolute Gasteiger partial charge is 0.330 e. The number of nitrogens with one attached hydrogen (secondary N) is 1. The summed E-state index contributed by atoms with van der Waals surface area (Å²) in [7, 11) is 0. The van der Waals surface area contributed by atoms with Crippen molar-refractivity contribution in [3.63, 3.8) is 0 Å². The number of carbonyl (C=O) groups is 2. The van der Waals surface area contributed by atoms with Crippen molar-refractivity contribution in [3.8, 4) is 11.5 Å². The number of hydrogen-bond donors (Lipinski definition) is 3. The second-order valence-corrected chi connectivity index (χ2v) is 12.4. The zero-order chi connectivity index (χ0) is 46.1. The number of nitrogens with zero attached hydrogens (tertiary/aromatic N) is 2. The second kappa shape index (κ2) is 41.0. The number of aliphatic carboxylic acids is 1. The molecule has 9 nitrogen and oxygen atoms in total. The predicted octanol–water partition coefficient (Wildman–Crippen LogP) is 16.1. The fraction of sp³-hybridized carbons (Fsp3) is 0.273. The van der Waals surface area contributed by atoms with Crippen molar-refractivity contribution in [2.75, 3.05) is 17.7 Å². The van der Waals surface area contributed by atoms with Crippen LogP contribution < -0.4 is 11.1 Å². The van der Waals surface area contributed by atoms with Crippen LogP contribution >= 0.6 is 15.9 Å². The van der Waals surface area contributed by atoms with Crippen LogP contribution in [-0.4, -0.2) is 34.9 Å². The minimum absolute atomic E-state index is 0. The van der Waals surface area contributed by atoms with Crippen LogP contribution in [0.2, 0.25) is 0 Å². The number of anilines is 2. The van der Waals surface area contributed by atoms with Gasteiger partial charge in [-0.25, -0.2) is 15.8 Å². The van der Waals surface area contributed by atoms with Gasteiger partial charge in [-0.1, -0.05) is 191 Å². The van der Waals surface area contributed by atoms with Crippen LogP contribution in [0.4, 0.5) is 17.1 Å². The molecule has 4 N–H and O–H groups in total. The minimum atomic E-state index is -0.950. The average molecular weight is 1040 g/mol. The third kappa shape index (κ3) is 23.2. The predicted molar refractivity (Wildman–Crippen MR) is 283 cm³/mol. The molecule has 0 spiro atoms.